The van der Waals surface area contributed by atoms with E-state index in [4.69, 9.17) is 14.5 Å². The Hall–Kier alpha value is -5.00. The number of nitrogens with zero attached hydrogens (tertiary/aromatic N) is 7. The number of carbonyl (C=O) groups is 2. The van der Waals surface area contributed by atoms with Gasteiger partial charge in [-0.05, 0) is 28.3 Å². The lowest BCUT2D eigenvalue weighted by atomic mass is 9.95. The number of imidazole rings is 1. The zero-order valence-corrected chi connectivity index (χ0v) is 21.7. The normalized spacial score (nSPS) is 11.1. The van der Waals surface area contributed by atoms with Crippen LogP contribution in [0.25, 0.3) is 33.5 Å². The van der Waals surface area contributed by atoms with Crippen LogP contribution in [0.2, 0.25) is 0 Å². The number of aryl methyl sites for hydroxylation is 1. The molecule has 12 heteroatoms. The fraction of sp³-hybridized carbons (Fsp3) is 0.259. The Morgan fingerprint density at radius 1 is 0.872 bits per heavy atom. The summed E-state index contributed by atoms with van der Waals surface area (Å²) in [5.74, 6) is 0.0521. The van der Waals surface area contributed by atoms with E-state index in [-0.39, 0.29) is 11.8 Å². The van der Waals surface area contributed by atoms with Crippen LogP contribution in [0.3, 0.4) is 0 Å². The van der Waals surface area contributed by atoms with Gasteiger partial charge in [0, 0.05) is 25.8 Å². The highest BCUT2D eigenvalue weighted by atomic mass is 16.6. The topological polar surface area (TPSA) is 151 Å². The molecule has 0 aliphatic carbocycles. The predicted octanol–water partition coefficient (Wildman–Crippen LogP) is 3.91. The number of benzene rings is 2. The van der Waals surface area contributed by atoms with Crippen LogP contribution in [0.1, 0.15) is 45.0 Å². The minimum absolute atomic E-state index is 0.00618. The Morgan fingerprint density at radius 2 is 1.54 bits per heavy atom. The second kappa shape index (κ2) is 11.2. The molecule has 0 saturated carbocycles. The number of fused-ring (bicyclic) bond motifs is 1. The van der Waals surface area contributed by atoms with E-state index in [9.17, 15) is 9.59 Å². The molecule has 3 aromatic heterocycles. The van der Waals surface area contributed by atoms with Crippen LogP contribution in [-0.4, -0.2) is 52.3 Å². The highest BCUT2D eigenvalue weighted by molar-refractivity contribution is 5.89. The zero-order chi connectivity index (χ0) is 27.4. The van der Waals surface area contributed by atoms with Crippen LogP contribution in [0.4, 0.5) is 0 Å². The Labute approximate surface area is 223 Å². The largest absolute Gasteiger partial charge is 0.404 e. The fourth-order valence-electron chi connectivity index (χ4n) is 4.44. The summed E-state index contributed by atoms with van der Waals surface area (Å²) in [7, 11) is 0. The third-order valence-electron chi connectivity index (χ3n) is 6.07. The molecule has 0 amide bonds. The molecular weight excluding hydrogens is 500 g/mol. The monoisotopic (exact) mass is 526 g/mol. The van der Waals surface area contributed by atoms with Crippen molar-refractivity contribution < 1.29 is 19.1 Å². The van der Waals surface area contributed by atoms with Gasteiger partial charge >= 0.3 is 11.9 Å². The van der Waals surface area contributed by atoms with Crippen molar-refractivity contribution >= 4 is 23.0 Å². The number of aromatic nitrogens is 8. The lowest BCUT2D eigenvalue weighted by molar-refractivity contribution is -0.133. The van der Waals surface area contributed by atoms with Crippen molar-refractivity contribution in [1.29, 1.82) is 0 Å². The predicted molar refractivity (Wildman–Crippen MR) is 141 cm³/mol. The van der Waals surface area contributed by atoms with Crippen molar-refractivity contribution in [1.82, 2.24) is 40.4 Å². The summed E-state index contributed by atoms with van der Waals surface area (Å²) in [4.78, 5) is 28.5. The molecule has 39 heavy (non-hydrogen) atoms. The van der Waals surface area contributed by atoms with Crippen LogP contribution in [0.5, 0.6) is 11.8 Å². The lowest BCUT2D eigenvalue weighted by Crippen LogP contribution is -2.11. The first-order valence-corrected chi connectivity index (χ1v) is 12.5. The van der Waals surface area contributed by atoms with E-state index in [1.54, 1.807) is 0 Å². The van der Waals surface area contributed by atoms with E-state index in [1.807, 2.05) is 53.1 Å². The van der Waals surface area contributed by atoms with Crippen molar-refractivity contribution in [3.63, 3.8) is 0 Å². The van der Waals surface area contributed by atoms with E-state index in [2.05, 4.69) is 37.7 Å². The maximum Gasteiger partial charge on any atom is 0.309 e. The van der Waals surface area contributed by atoms with Crippen molar-refractivity contribution in [2.75, 3.05) is 0 Å². The minimum atomic E-state index is -0.557. The Morgan fingerprint density at radius 3 is 2.23 bits per heavy atom. The third-order valence-corrected chi connectivity index (χ3v) is 6.07. The SMILES string of the molecule is CCCCc1nc2c(OC(C)=O)nnc(OC(C)=O)c2n1Cc1ccccc1-c1ccccc1-c1nn[nH]n1. The molecule has 0 aliphatic rings. The number of hydrogen-bond acceptors (Lipinski definition) is 10. The van der Waals surface area contributed by atoms with Gasteiger partial charge in [0.1, 0.15) is 11.3 Å². The smallest absolute Gasteiger partial charge is 0.309 e. The standard InChI is InChI=1S/C27H26N8O4/c1-4-5-14-22-28-23-24(27(39-17(3)37)32-31-26(23)38-16(2)36)35(22)15-18-10-6-7-11-19(18)20-12-8-9-13-21(20)25-29-33-34-30-25/h6-13H,4-5,14-15H2,1-3H3,(H,29,30,33,34). The highest BCUT2D eigenvalue weighted by Crippen LogP contribution is 2.35. The second-order valence-corrected chi connectivity index (χ2v) is 8.85. The minimum Gasteiger partial charge on any atom is -0.404 e. The first kappa shape index (κ1) is 25.6. The number of esters is 2. The first-order valence-electron chi connectivity index (χ1n) is 12.5. The molecule has 0 spiro atoms. The van der Waals surface area contributed by atoms with Crippen LogP contribution < -0.4 is 9.47 Å². The summed E-state index contributed by atoms with van der Waals surface area (Å²) in [6, 6.07) is 15.8. The number of nitrogens with one attached hydrogen (secondary N) is 1. The van der Waals surface area contributed by atoms with Gasteiger partial charge in [-0.15, -0.1) is 20.4 Å². The molecule has 0 aliphatic heterocycles. The molecule has 3 heterocycles. The van der Waals surface area contributed by atoms with Crippen molar-refractivity contribution in [2.45, 2.75) is 46.6 Å². The van der Waals surface area contributed by atoms with Crippen LogP contribution in [-0.2, 0) is 22.6 Å². The molecule has 5 aromatic rings. The quantitative estimate of drug-likeness (QED) is 0.280. The average molecular weight is 527 g/mol. The van der Waals surface area contributed by atoms with Gasteiger partial charge in [-0.1, -0.05) is 61.9 Å². The Balaban J connectivity index is 1.70. The summed E-state index contributed by atoms with van der Waals surface area (Å²) >= 11 is 0. The Bertz CT molecular complexity index is 1650. The van der Waals surface area contributed by atoms with Crippen molar-refractivity contribution in [3.05, 3.63) is 59.9 Å². The van der Waals surface area contributed by atoms with Gasteiger partial charge in [-0.3, -0.25) is 9.59 Å². The van der Waals surface area contributed by atoms with E-state index in [0.717, 1.165) is 40.9 Å². The van der Waals surface area contributed by atoms with Gasteiger partial charge in [0.25, 0.3) is 11.8 Å². The van der Waals surface area contributed by atoms with Crippen LogP contribution in [0, 0.1) is 0 Å². The molecule has 0 unspecified atom stereocenters. The van der Waals surface area contributed by atoms with Crippen LogP contribution in [0.15, 0.2) is 48.5 Å². The maximum atomic E-state index is 11.9. The number of tetrazole rings is 1. The molecule has 12 nitrogen and oxygen atoms in total. The molecule has 1 N–H and O–H groups in total. The maximum absolute atomic E-state index is 11.9. The van der Waals surface area contributed by atoms with E-state index in [1.165, 1.54) is 13.8 Å². The van der Waals surface area contributed by atoms with Gasteiger partial charge in [0.15, 0.2) is 5.52 Å². The molecular formula is C27H26N8O4. The lowest BCUT2D eigenvalue weighted by Gasteiger charge is -2.16. The van der Waals surface area contributed by atoms with Gasteiger partial charge in [0.05, 0.1) is 6.54 Å². The number of carbonyl (C=O) groups excluding carboxylic acids is 2. The zero-order valence-electron chi connectivity index (χ0n) is 21.7. The average Bonchev–Trinajstić information content (AvgIpc) is 3.58. The molecule has 0 saturated heterocycles. The van der Waals surface area contributed by atoms with Crippen LogP contribution >= 0.6 is 0 Å². The van der Waals surface area contributed by atoms with Crippen molar-refractivity contribution in [2.24, 2.45) is 0 Å². The third kappa shape index (κ3) is 5.35. The molecule has 0 bridgehead atoms. The summed E-state index contributed by atoms with van der Waals surface area (Å²) < 4.78 is 12.7. The number of aromatic amines is 1. The van der Waals surface area contributed by atoms with E-state index >= 15 is 0 Å². The molecule has 0 atom stereocenters. The van der Waals surface area contributed by atoms with Gasteiger partial charge in [-0.2, -0.15) is 5.21 Å². The first-order chi connectivity index (χ1) is 19.0. The van der Waals surface area contributed by atoms with E-state index < -0.39 is 11.9 Å². The summed E-state index contributed by atoms with van der Waals surface area (Å²) in [6.07, 6.45) is 2.46. The number of hydrogen-bond donors (Lipinski definition) is 1. The number of unbranched alkanes of at least 4 members (excludes halogenated alkanes) is 1. The second-order valence-electron chi connectivity index (χ2n) is 8.85. The summed E-state index contributed by atoms with van der Waals surface area (Å²) in [5.41, 5.74) is 4.39. The molecule has 0 fully saturated rings. The number of rotatable bonds is 9. The molecule has 0 radical (unpaired) electrons. The molecule has 2 aromatic carbocycles. The van der Waals surface area contributed by atoms with Crippen molar-refractivity contribution in [3.8, 4) is 34.3 Å². The van der Waals surface area contributed by atoms with Gasteiger partial charge < -0.3 is 14.0 Å². The highest BCUT2D eigenvalue weighted by Gasteiger charge is 2.24. The Kier molecular flexibility index (Phi) is 7.34. The summed E-state index contributed by atoms with van der Waals surface area (Å²) in [5, 5.41) is 22.6. The molecule has 5 rings (SSSR count). The summed E-state index contributed by atoms with van der Waals surface area (Å²) in [6.45, 7) is 5.02. The number of H-pyrrole nitrogens is 1. The molecule has 198 valence electrons. The van der Waals surface area contributed by atoms with Gasteiger partial charge in [-0.25, -0.2) is 4.98 Å². The fourth-order valence-corrected chi connectivity index (χ4v) is 4.44. The van der Waals surface area contributed by atoms with Gasteiger partial charge in [0.2, 0.25) is 5.82 Å². The number of ether oxygens (including phenoxy) is 2. The van der Waals surface area contributed by atoms with E-state index in [0.29, 0.717) is 29.8 Å².